The molecule has 29 heavy (non-hydrogen) atoms. The van der Waals surface area contributed by atoms with Crippen LogP contribution in [0.3, 0.4) is 0 Å². The summed E-state index contributed by atoms with van der Waals surface area (Å²) in [6, 6.07) is 16.3. The fourth-order valence-electron chi connectivity index (χ4n) is 2.99. The van der Waals surface area contributed by atoms with Crippen LogP contribution in [0.1, 0.15) is 11.9 Å². The zero-order chi connectivity index (χ0) is 19.7. The van der Waals surface area contributed by atoms with Gasteiger partial charge < -0.3 is 11.1 Å². The number of aliphatic carboxylic acids is 1. The number of benzene rings is 2. The number of carboxylic acid groups (broad SMARTS) is 1. The monoisotopic (exact) mass is 451 g/mol. The molecule has 2 heterocycles. The van der Waals surface area contributed by atoms with Gasteiger partial charge in [-0.25, -0.2) is 4.98 Å². The molecule has 0 spiro atoms. The molecule has 0 radical (unpaired) electrons. The van der Waals surface area contributed by atoms with Crippen LogP contribution in [0.2, 0.25) is 5.02 Å². The van der Waals surface area contributed by atoms with Crippen LogP contribution in [0.5, 0.6) is 0 Å². The fourth-order valence-corrected chi connectivity index (χ4v) is 3.93. The Morgan fingerprint density at radius 3 is 2.66 bits per heavy atom. The summed E-state index contributed by atoms with van der Waals surface area (Å²) in [5, 5.41) is 15.6. The van der Waals surface area contributed by atoms with Crippen LogP contribution in [-0.4, -0.2) is 26.5 Å². The molecule has 2 N–H and O–H groups in total. The average molecular weight is 452 g/mol. The summed E-state index contributed by atoms with van der Waals surface area (Å²) in [5.41, 5.74) is 2.39. The van der Waals surface area contributed by atoms with Crippen molar-refractivity contribution in [1.29, 1.82) is 0 Å². The van der Waals surface area contributed by atoms with E-state index in [0.717, 1.165) is 10.9 Å². The van der Waals surface area contributed by atoms with Gasteiger partial charge in [0, 0.05) is 26.9 Å². The number of nitrogens with one attached hydrogen (secondary N) is 1. The number of carbonyl (C=O) groups excluding carboxylic acids is 1. The first-order valence-corrected chi connectivity index (χ1v) is 9.60. The summed E-state index contributed by atoms with van der Waals surface area (Å²) in [4.78, 5) is 28.5. The first-order valence-electron chi connectivity index (χ1n) is 8.35. The van der Waals surface area contributed by atoms with Crippen LogP contribution in [0, 0.1) is 0 Å². The minimum Gasteiger partial charge on any atom is -1.00 e. The minimum absolute atomic E-state index is 0. The number of hydrogen-bond acceptors (Lipinski definition) is 4. The van der Waals surface area contributed by atoms with Crippen molar-refractivity contribution in [3.8, 4) is 11.3 Å². The molecular formula is C20H15ClKN3O3S. The standard InChI is InChI=1S/C20H14ClN3O3S.K.H/c21-14-7-3-2-6-13(14)15-11-28-20(22-15)23-19(27)17-9-12-5-1-4-8-16(12)24(17)10-18(25)26;;/h1-9,11H,10H2,(H,25,26)(H,22,23,27);;/q;+1;-1. The molecule has 0 aliphatic heterocycles. The number of carbonyl (C=O) groups is 2. The van der Waals surface area contributed by atoms with Crippen molar-refractivity contribution >= 4 is 50.8 Å². The molecule has 6 nitrogen and oxygen atoms in total. The van der Waals surface area contributed by atoms with Crippen molar-refractivity contribution in [2.45, 2.75) is 6.54 Å². The summed E-state index contributed by atoms with van der Waals surface area (Å²) < 4.78 is 1.48. The molecule has 1 amide bonds. The van der Waals surface area contributed by atoms with Crippen molar-refractivity contribution in [1.82, 2.24) is 9.55 Å². The normalized spacial score (nSPS) is 10.5. The van der Waals surface area contributed by atoms with Crippen LogP contribution < -0.4 is 56.7 Å². The van der Waals surface area contributed by atoms with Gasteiger partial charge in [0.15, 0.2) is 5.13 Å². The van der Waals surface area contributed by atoms with E-state index in [-0.39, 0.29) is 65.0 Å². The number of aromatic nitrogens is 2. The molecule has 0 fully saturated rings. The van der Waals surface area contributed by atoms with Gasteiger partial charge in [0.05, 0.1) is 5.69 Å². The molecule has 2 aromatic heterocycles. The number of rotatable bonds is 5. The topological polar surface area (TPSA) is 84.2 Å². The zero-order valence-electron chi connectivity index (χ0n) is 16.4. The number of thiazole rings is 1. The van der Waals surface area contributed by atoms with Gasteiger partial charge in [-0.3, -0.25) is 14.9 Å². The van der Waals surface area contributed by atoms with Gasteiger partial charge in [-0.15, -0.1) is 11.3 Å². The maximum Gasteiger partial charge on any atom is 1.00 e. The second kappa shape index (κ2) is 9.52. The molecule has 0 unspecified atom stereocenters. The molecule has 0 saturated heterocycles. The second-order valence-electron chi connectivity index (χ2n) is 6.04. The van der Waals surface area contributed by atoms with Crippen LogP contribution in [-0.2, 0) is 11.3 Å². The van der Waals surface area contributed by atoms with Crippen molar-refractivity contribution in [2.75, 3.05) is 5.32 Å². The number of nitrogens with zero attached hydrogens (tertiary/aromatic N) is 2. The van der Waals surface area contributed by atoms with Gasteiger partial charge in [-0.2, -0.15) is 0 Å². The maximum absolute atomic E-state index is 12.8. The SMILES string of the molecule is O=C(O)Cn1c(C(=O)Nc2nc(-c3ccccc3Cl)cs2)cc2ccccc21.[H-].[K+]. The van der Waals surface area contributed by atoms with E-state index in [2.05, 4.69) is 10.3 Å². The van der Waals surface area contributed by atoms with E-state index >= 15 is 0 Å². The van der Waals surface area contributed by atoms with Crippen LogP contribution in [0.4, 0.5) is 5.13 Å². The number of hydrogen-bond donors (Lipinski definition) is 2. The first-order chi connectivity index (χ1) is 13.5. The number of amides is 1. The van der Waals surface area contributed by atoms with Gasteiger partial charge in [0.2, 0.25) is 0 Å². The van der Waals surface area contributed by atoms with Gasteiger partial charge >= 0.3 is 57.4 Å². The molecule has 4 rings (SSSR count). The maximum atomic E-state index is 12.8. The smallest absolute Gasteiger partial charge is 1.00 e. The Morgan fingerprint density at radius 1 is 1.17 bits per heavy atom. The first kappa shape index (κ1) is 22.2. The summed E-state index contributed by atoms with van der Waals surface area (Å²) in [7, 11) is 0. The van der Waals surface area contributed by atoms with E-state index in [1.54, 1.807) is 24.3 Å². The third-order valence-electron chi connectivity index (χ3n) is 4.21. The van der Waals surface area contributed by atoms with Gasteiger partial charge in [-0.05, 0) is 18.2 Å². The molecule has 2 aromatic carbocycles. The number of para-hydroxylation sites is 1. The van der Waals surface area contributed by atoms with E-state index in [4.69, 9.17) is 11.6 Å². The van der Waals surface area contributed by atoms with Crippen LogP contribution in [0.15, 0.2) is 60.0 Å². The molecule has 142 valence electrons. The predicted octanol–water partition coefficient (Wildman–Crippen LogP) is 1.87. The van der Waals surface area contributed by atoms with Gasteiger partial charge in [-0.1, -0.05) is 48.0 Å². The van der Waals surface area contributed by atoms with Crippen molar-refractivity contribution in [3.63, 3.8) is 0 Å². The Kier molecular flexibility index (Phi) is 7.28. The molecular weight excluding hydrogens is 437 g/mol. The summed E-state index contributed by atoms with van der Waals surface area (Å²) >= 11 is 7.48. The van der Waals surface area contributed by atoms with Crippen molar-refractivity contribution < 1.29 is 67.5 Å². The predicted molar refractivity (Wildman–Crippen MR) is 111 cm³/mol. The molecule has 0 bridgehead atoms. The van der Waals surface area contributed by atoms with E-state index in [9.17, 15) is 14.7 Å². The van der Waals surface area contributed by atoms with Crippen LogP contribution in [0.25, 0.3) is 22.2 Å². The number of fused-ring (bicyclic) bond motifs is 1. The van der Waals surface area contributed by atoms with E-state index in [1.165, 1.54) is 15.9 Å². The fraction of sp³-hybridized carbons (Fsp3) is 0.0500. The molecule has 0 atom stereocenters. The Labute approximate surface area is 219 Å². The van der Waals surface area contributed by atoms with E-state index < -0.39 is 11.9 Å². The van der Waals surface area contributed by atoms with Gasteiger partial charge in [0.1, 0.15) is 12.2 Å². The summed E-state index contributed by atoms with van der Waals surface area (Å²) in [5.74, 6) is -1.44. The number of anilines is 1. The van der Waals surface area contributed by atoms with Gasteiger partial charge in [0.25, 0.3) is 5.91 Å². The Hall–Kier alpha value is -1.52. The zero-order valence-corrected chi connectivity index (χ0v) is 20.1. The Morgan fingerprint density at radius 2 is 1.90 bits per heavy atom. The van der Waals surface area contributed by atoms with Crippen molar-refractivity contribution in [3.05, 3.63) is 70.7 Å². The quantitative estimate of drug-likeness (QED) is 0.454. The largest absolute Gasteiger partial charge is 1.00 e. The Balaban J connectivity index is 0.00000160. The summed E-state index contributed by atoms with van der Waals surface area (Å²) in [6.07, 6.45) is 0. The molecule has 0 saturated carbocycles. The summed E-state index contributed by atoms with van der Waals surface area (Å²) in [6.45, 7) is -0.307. The molecule has 0 aliphatic carbocycles. The molecule has 0 aliphatic rings. The third kappa shape index (κ3) is 4.80. The molecule has 9 heteroatoms. The van der Waals surface area contributed by atoms with Crippen molar-refractivity contribution in [2.24, 2.45) is 0 Å². The molecule has 4 aromatic rings. The van der Waals surface area contributed by atoms with E-state index in [0.29, 0.717) is 21.4 Å². The number of halogens is 1. The Bertz CT molecular complexity index is 1210. The average Bonchev–Trinajstić information content (AvgIpc) is 3.27. The van der Waals surface area contributed by atoms with Crippen LogP contribution >= 0.6 is 22.9 Å². The van der Waals surface area contributed by atoms with E-state index in [1.807, 2.05) is 35.7 Å². The number of carboxylic acids is 1. The minimum atomic E-state index is -1.02. The second-order valence-corrected chi connectivity index (χ2v) is 7.31. The third-order valence-corrected chi connectivity index (χ3v) is 5.30.